The van der Waals surface area contributed by atoms with Crippen LogP contribution in [-0.4, -0.2) is 6.10 Å². The van der Waals surface area contributed by atoms with Gasteiger partial charge in [-0.05, 0) is 19.4 Å². The van der Waals surface area contributed by atoms with Crippen molar-refractivity contribution in [2.45, 2.75) is 32.3 Å². The van der Waals surface area contributed by atoms with E-state index in [0.29, 0.717) is 12.0 Å². The maximum absolute atomic E-state index is 5.71. The van der Waals surface area contributed by atoms with Gasteiger partial charge < -0.3 is 4.74 Å². The lowest BCUT2D eigenvalue weighted by atomic mass is 9.94. The minimum Gasteiger partial charge on any atom is -0.490 e. The molecule has 0 N–H and O–H groups in total. The Bertz CT molecular complexity index is 280. The van der Waals surface area contributed by atoms with Crippen molar-refractivity contribution >= 4 is 0 Å². The zero-order valence-electron chi connectivity index (χ0n) is 7.58. The topological polar surface area (TPSA) is 9.23 Å². The number of fused-ring (bicyclic) bond motifs is 1. The van der Waals surface area contributed by atoms with Gasteiger partial charge in [0.1, 0.15) is 11.9 Å². The van der Waals surface area contributed by atoms with Crippen molar-refractivity contribution in [2.24, 2.45) is 0 Å². The summed E-state index contributed by atoms with van der Waals surface area (Å²) >= 11 is 0. The van der Waals surface area contributed by atoms with Crippen LogP contribution in [0, 0.1) is 0 Å². The quantitative estimate of drug-likeness (QED) is 0.617. The van der Waals surface area contributed by atoms with Crippen molar-refractivity contribution in [3.63, 3.8) is 0 Å². The Balaban J connectivity index is 2.40. The summed E-state index contributed by atoms with van der Waals surface area (Å²) in [6.07, 6.45) is 1.52. The predicted molar refractivity (Wildman–Crippen MR) is 49.6 cm³/mol. The minimum absolute atomic E-state index is 0.354. The van der Waals surface area contributed by atoms with Crippen molar-refractivity contribution in [2.75, 3.05) is 0 Å². The molecule has 1 aliphatic heterocycles. The van der Waals surface area contributed by atoms with E-state index >= 15 is 0 Å². The lowest BCUT2D eigenvalue weighted by molar-refractivity contribution is 0.224. The van der Waals surface area contributed by atoms with E-state index in [1.807, 2.05) is 6.07 Å². The molecule has 2 rings (SSSR count). The van der Waals surface area contributed by atoms with E-state index in [0.717, 1.165) is 12.2 Å². The van der Waals surface area contributed by atoms with E-state index in [2.05, 4.69) is 32.0 Å². The maximum Gasteiger partial charge on any atom is 0.123 e. The molecule has 2 atom stereocenters. The Kier molecular flexibility index (Phi) is 1.80. The van der Waals surface area contributed by atoms with Crippen LogP contribution in [0.3, 0.4) is 0 Å². The van der Waals surface area contributed by atoms with Crippen LogP contribution in [0.4, 0.5) is 0 Å². The van der Waals surface area contributed by atoms with E-state index < -0.39 is 0 Å². The van der Waals surface area contributed by atoms with Crippen LogP contribution in [0.15, 0.2) is 24.3 Å². The fourth-order valence-electron chi connectivity index (χ4n) is 1.98. The second kappa shape index (κ2) is 2.81. The van der Waals surface area contributed by atoms with Gasteiger partial charge in [-0.1, -0.05) is 25.1 Å². The fourth-order valence-corrected chi connectivity index (χ4v) is 1.98. The molecule has 1 aliphatic rings. The van der Waals surface area contributed by atoms with Gasteiger partial charge in [-0.15, -0.1) is 0 Å². The Morgan fingerprint density at radius 2 is 2.08 bits per heavy atom. The highest BCUT2D eigenvalue weighted by Crippen LogP contribution is 2.39. The first kappa shape index (κ1) is 7.66. The molecule has 64 valence electrons. The second-order valence-corrected chi connectivity index (χ2v) is 3.38. The molecule has 0 saturated carbocycles. The molecule has 1 nitrogen and oxygen atoms in total. The highest BCUT2D eigenvalue weighted by molar-refractivity contribution is 5.40. The molecule has 1 unspecified atom stereocenters. The molecule has 0 aliphatic carbocycles. The van der Waals surface area contributed by atoms with Crippen molar-refractivity contribution < 1.29 is 4.74 Å². The smallest absolute Gasteiger partial charge is 0.123 e. The third-order valence-corrected chi connectivity index (χ3v) is 2.64. The lowest BCUT2D eigenvalue weighted by Gasteiger charge is -2.11. The highest BCUT2D eigenvalue weighted by Gasteiger charge is 2.28. The van der Waals surface area contributed by atoms with Crippen molar-refractivity contribution in [1.29, 1.82) is 0 Å². The van der Waals surface area contributed by atoms with Gasteiger partial charge in [-0.25, -0.2) is 0 Å². The molecule has 12 heavy (non-hydrogen) atoms. The van der Waals surface area contributed by atoms with Gasteiger partial charge >= 0.3 is 0 Å². The number of benzene rings is 1. The summed E-state index contributed by atoms with van der Waals surface area (Å²) in [6, 6.07) is 8.35. The van der Waals surface area contributed by atoms with Crippen molar-refractivity contribution in [1.82, 2.24) is 0 Å². The molecular formula is C11H14O. The summed E-state index contributed by atoms with van der Waals surface area (Å²) in [5.41, 5.74) is 1.38. The SMILES string of the molecule is CC[C@H]1c2ccccc2OC1C. The third kappa shape index (κ3) is 1.01. The zero-order valence-corrected chi connectivity index (χ0v) is 7.58. The van der Waals surface area contributed by atoms with E-state index in [1.165, 1.54) is 5.56 Å². The Labute approximate surface area is 73.4 Å². The fraction of sp³-hybridized carbons (Fsp3) is 0.455. The standard InChI is InChI=1S/C11H14O/c1-3-9-8(2)12-11-7-5-4-6-10(9)11/h4-9H,3H2,1-2H3/t8?,9-/m1/s1. The molecule has 1 heteroatoms. The van der Waals surface area contributed by atoms with Gasteiger partial charge in [0.15, 0.2) is 0 Å². The Morgan fingerprint density at radius 1 is 1.33 bits per heavy atom. The molecule has 0 amide bonds. The van der Waals surface area contributed by atoms with Crippen LogP contribution in [-0.2, 0) is 0 Å². The summed E-state index contributed by atoms with van der Waals surface area (Å²) in [4.78, 5) is 0. The first-order valence-electron chi connectivity index (χ1n) is 4.58. The number of para-hydroxylation sites is 1. The molecular weight excluding hydrogens is 148 g/mol. The van der Waals surface area contributed by atoms with E-state index in [9.17, 15) is 0 Å². The second-order valence-electron chi connectivity index (χ2n) is 3.38. The first-order chi connectivity index (χ1) is 5.83. The van der Waals surface area contributed by atoms with E-state index in [1.54, 1.807) is 0 Å². The highest BCUT2D eigenvalue weighted by atomic mass is 16.5. The van der Waals surface area contributed by atoms with Gasteiger partial charge in [0.25, 0.3) is 0 Å². The molecule has 0 saturated heterocycles. The van der Waals surface area contributed by atoms with Gasteiger partial charge in [-0.3, -0.25) is 0 Å². The summed E-state index contributed by atoms with van der Waals surface area (Å²) in [6.45, 7) is 4.36. The summed E-state index contributed by atoms with van der Waals surface area (Å²) in [5, 5.41) is 0. The molecule has 1 aromatic carbocycles. The van der Waals surface area contributed by atoms with Crippen LogP contribution < -0.4 is 4.74 Å². The first-order valence-corrected chi connectivity index (χ1v) is 4.58. The van der Waals surface area contributed by atoms with Crippen molar-refractivity contribution in [3.8, 4) is 5.75 Å². The number of ether oxygens (including phenoxy) is 1. The molecule has 0 bridgehead atoms. The zero-order chi connectivity index (χ0) is 8.55. The molecule has 0 radical (unpaired) electrons. The minimum atomic E-state index is 0.354. The number of hydrogen-bond acceptors (Lipinski definition) is 1. The van der Waals surface area contributed by atoms with Crippen LogP contribution in [0.25, 0.3) is 0 Å². The van der Waals surface area contributed by atoms with Crippen LogP contribution in [0.5, 0.6) is 5.75 Å². The van der Waals surface area contributed by atoms with Gasteiger partial charge in [0, 0.05) is 11.5 Å². The molecule has 0 aromatic heterocycles. The maximum atomic E-state index is 5.71. The van der Waals surface area contributed by atoms with Gasteiger partial charge in [0.05, 0.1) is 0 Å². The third-order valence-electron chi connectivity index (χ3n) is 2.64. The van der Waals surface area contributed by atoms with Gasteiger partial charge in [-0.2, -0.15) is 0 Å². The average Bonchev–Trinajstić information content (AvgIpc) is 2.40. The molecule has 1 aromatic rings. The van der Waals surface area contributed by atoms with Crippen LogP contribution in [0.1, 0.15) is 31.7 Å². The monoisotopic (exact) mass is 162 g/mol. The normalized spacial score (nSPS) is 26.5. The van der Waals surface area contributed by atoms with E-state index in [4.69, 9.17) is 4.74 Å². The number of hydrogen-bond donors (Lipinski definition) is 0. The largest absolute Gasteiger partial charge is 0.490 e. The van der Waals surface area contributed by atoms with Crippen molar-refractivity contribution in [3.05, 3.63) is 29.8 Å². The average molecular weight is 162 g/mol. The summed E-state index contributed by atoms with van der Waals surface area (Å²) in [7, 11) is 0. The Morgan fingerprint density at radius 3 is 2.83 bits per heavy atom. The predicted octanol–water partition coefficient (Wildman–Crippen LogP) is 2.96. The Hall–Kier alpha value is -0.980. The lowest BCUT2D eigenvalue weighted by Crippen LogP contribution is -2.12. The van der Waals surface area contributed by atoms with Crippen LogP contribution in [0.2, 0.25) is 0 Å². The van der Waals surface area contributed by atoms with Crippen LogP contribution >= 0.6 is 0 Å². The summed E-state index contributed by atoms with van der Waals surface area (Å²) < 4.78 is 5.71. The van der Waals surface area contributed by atoms with Gasteiger partial charge in [0.2, 0.25) is 0 Å². The molecule has 0 fully saturated rings. The summed E-state index contributed by atoms with van der Waals surface area (Å²) in [5.74, 6) is 1.68. The van der Waals surface area contributed by atoms with E-state index in [-0.39, 0.29) is 0 Å². The molecule has 0 spiro atoms. The molecule has 1 heterocycles. The number of rotatable bonds is 1.